The SMILES string of the molecule is CCSc1ccc(-c2ccccc2N)cc1. The first-order valence-corrected chi connectivity index (χ1v) is 6.37. The van der Waals surface area contributed by atoms with E-state index in [4.69, 9.17) is 5.73 Å². The summed E-state index contributed by atoms with van der Waals surface area (Å²) in [5.41, 5.74) is 9.06. The van der Waals surface area contributed by atoms with E-state index in [-0.39, 0.29) is 0 Å². The highest BCUT2D eigenvalue weighted by atomic mass is 32.2. The van der Waals surface area contributed by atoms with E-state index in [0.717, 1.165) is 17.0 Å². The van der Waals surface area contributed by atoms with Crippen molar-refractivity contribution >= 4 is 17.4 Å². The molecule has 1 nitrogen and oxygen atoms in total. The molecule has 2 rings (SSSR count). The average molecular weight is 229 g/mol. The normalized spacial score (nSPS) is 10.3. The van der Waals surface area contributed by atoms with E-state index in [1.165, 1.54) is 10.5 Å². The fourth-order valence-electron chi connectivity index (χ4n) is 1.66. The smallest absolute Gasteiger partial charge is 0.0393 e. The number of rotatable bonds is 3. The maximum absolute atomic E-state index is 5.94. The Hall–Kier alpha value is -1.41. The number of thioether (sulfide) groups is 1. The van der Waals surface area contributed by atoms with Crippen LogP contribution in [-0.4, -0.2) is 5.75 Å². The van der Waals surface area contributed by atoms with Crippen molar-refractivity contribution in [1.82, 2.24) is 0 Å². The van der Waals surface area contributed by atoms with Gasteiger partial charge in [0.05, 0.1) is 0 Å². The van der Waals surface area contributed by atoms with Crippen molar-refractivity contribution in [2.45, 2.75) is 11.8 Å². The fraction of sp³-hybridized carbons (Fsp3) is 0.143. The zero-order valence-corrected chi connectivity index (χ0v) is 10.1. The van der Waals surface area contributed by atoms with Gasteiger partial charge in [-0.1, -0.05) is 37.3 Å². The van der Waals surface area contributed by atoms with Gasteiger partial charge in [-0.3, -0.25) is 0 Å². The van der Waals surface area contributed by atoms with E-state index in [1.54, 1.807) is 0 Å². The van der Waals surface area contributed by atoms with Gasteiger partial charge in [0.15, 0.2) is 0 Å². The van der Waals surface area contributed by atoms with Crippen LogP contribution in [-0.2, 0) is 0 Å². The molecule has 16 heavy (non-hydrogen) atoms. The summed E-state index contributed by atoms with van der Waals surface area (Å²) in [5, 5.41) is 0. The predicted molar refractivity (Wildman–Crippen MR) is 72.7 cm³/mol. The van der Waals surface area contributed by atoms with Crippen LogP contribution in [0.25, 0.3) is 11.1 Å². The highest BCUT2D eigenvalue weighted by Gasteiger charge is 2.01. The lowest BCUT2D eigenvalue weighted by Crippen LogP contribution is -1.88. The van der Waals surface area contributed by atoms with E-state index in [1.807, 2.05) is 30.0 Å². The average Bonchev–Trinajstić information content (AvgIpc) is 2.31. The molecule has 0 aliphatic rings. The molecule has 0 heterocycles. The largest absolute Gasteiger partial charge is 0.398 e. The minimum atomic E-state index is 0.832. The molecule has 0 bridgehead atoms. The Morgan fingerprint density at radius 1 is 1.00 bits per heavy atom. The molecule has 0 unspecified atom stereocenters. The summed E-state index contributed by atoms with van der Waals surface area (Å²) >= 11 is 1.85. The Balaban J connectivity index is 2.31. The van der Waals surface area contributed by atoms with Crippen LogP contribution in [0.4, 0.5) is 5.69 Å². The lowest BCUT2D eigenvalue weighted by molar-refractivity contribution is 1.43. The van der Waals surface area contributed by atoms with Crippen molar-refractivity contribution in [3.05, 3.63) is 48.5 Å². The molecular weight excluding hydrogens is 214 g/mol. The molecule has 0 radical (unpaired) electrons. The standard InChI is InChI=1S/C14H15NS/c1-2-16-12-9-7-11(8-10-12)13-5-3-4-6-14(13)15/h3-10H,2,15H2,1H3. The number of hydrogen-bond donors (Lipinski definition) is 1. The molecule has 0 saturated carbocycles. The van der Waals surface area contributed by atoms with Crippen LogP contribution in [0.15, 0.2) is 53.4 Å². The number of anilines is 1. The van der Waals surface area contributed by atoms with Crippen molar-refractivity contribution in [2.24, 2.45) is 0 Å². The minimum absolute atomic E-state index is 0.832. The second-order valence-corrected chi connectivity index (χ2v) is 4.88. The van der Waals surface area contributed by atoms with Crippen LogP contribution < -0.4 is 5.73 Å². The highest BCUT2D eigenvalue weighted by Crippen LogP contribution is 2.27. The topological polar surface area (TPSA) is 26.0 Å². The molecule has 0 saturated heterocycles. The maximum Gasteiger partial charge on any atom is 0.0393 e. The lowest BCUT2D eigenvalue weighted by Gasteiger charge is -2.06. The Kier molecular flexibility index (Phi) is 3.52. The molecule has 2 aromatic carbocycles. The zero-order chi connectivity index (χ0) is 11.4. The molecule has 82 valence electrons. The van der Waals surface area contributed by atoms with Crippen LogP contribution in [0.2, 0.25) is 0 Å². The van der Waals surface area contributed by atoms with Crippen LogP contribution in [0.3, 0.4) is 0 Å². The first-order valence-electron chi connectivity index (χ1n) is 5.39. The second kappa shape index (κ2) is 5.08. The van der Waals surface area contributed by atoms with Crippen LogP contribution in [0, 0.1) is 0 Å². The summed E-state index contributed by atoms with van der Waals surface area (Å²) in [4.78, 5) is 1.31. The molecule has 0 spiro atoms. The molecule has 2 aromatic rings. The van der Waals surface area contributed by atoms with Crippen LogP contribution in [0.5, 0.6) is 0 Å². The van der Waals surface area contributed by atoms with Gasteiger partial charge in [0, 0.05) is 16.1 Å². The molecule has 0 fully saturated rings. The van der Waals surface area contributed by atoms with Gasteiger partial charge in [0.25, 0.3) is 0 Å². The third-order valence-corrected chi connectivity index (χ3v) is 3.33. The van der Waals surface area contributed by atoms with Gasteiger partial charge >= 0.3 is 0 Å². The van der Waals surface area contributed by atoms with Gasteiger partial charge in [0.1, 0.15) is 0 Å². The number of nitrogen functional groups attached to an aromatic ring is 1. The van der Waals surface area contributed by atoms with E-state index < -0.39 is 0 Å². The van der Waals surface area contributed by atoms with E-state index in [9.17, 15) is 0 Å². The predicted octanol–water partition coefficient (Wildman–Crippen LogP) is 4.05. The second-order valence-electron chi connectivity index (χ2n) is 3.54. The lowest BCUT2D eigenvalue weighted by atomic mass is 10.0. The van der Waals surface area contributed by atoms with E-state index >= 15 is 0 Å². The van der Waals surface area contributed by atoms with Crippen molar-refractivity contribution in [2.75, 3.05) is 11.5 Å². The van der Waals surface area contributed by atoms with Gasteiger partial charge in [-0.25, -0.2) is 0 Å². The molecule has 2 N–H and O–H groups in total. The molecule has 0 aromatic heterocycles. The third kappa shape index (κ3) is 2.39. The maximum atomic E-state index is 5.94. The monoisotopic (exact) mass is 229 g/mol. The van der Waals surface area contributed by atoms with Crippen molar-refractivity contribution in [3.8, 4) is 11.1 Å². The van der Waals surface area contributed by atoms with Gasteiger partial charge in [-0.15, -0.1) is 11.8 Å². The van der Waals surface area contributed by atoms with Crippen molar-refractivity contribution in [3.63, 3.8) is 0 Å². The highest BCUT2D eigenvalue weighted by molar-refractivity contribution is 7.99. The molecule has 2 heteroatoms. The van der Waals surface area contributed by atoms with Crippen molar-refractivity contribution in [1.29, 1.82) is 0 Å². The van der Waals surface area contributed by atoms with Gasteiger partial charge in [-0.2, -0.15) is 0 Å². The summed E-state index contributed by atoms with van der Waals surface area (Å²) in [6.07, 6.45) is 0. The number of para-hydroxylation sites is 1. The minimum Gasteiger partial charge on any atom is -0.398 e. The van der Waals surface area contributed by atoms with Gasteiger partial charge < -0.3 is 5.73 Å². The van der Waals surface area contributed by atoms with E-state index in [2.05, 4.69) is 37.3 Å². The quantitative estimate of drug-likeness (QED) is 0.634. The molecule has 0 atom stereocenters. The number of hydrogen-bond acceptors (Lipinski definition) is 2. The summed E-state index contributed by atoms with van der Waals surface area (Å²) < 4.78 is 0. The Morgan fingerprint density at radius 3 is 2.31 bits per heavy atom. The molecule has 0 aliphatic heterocycles. The first kappa shape index (κ1) is 11.1. The first-order chi connectivity index (χ1) is 7.81. The summed E-state index contributed by atoms with van der Waals surface area (Å²) in [6, 6.07) is 16.5. The summed E-state index contributed by atoms with van der Waals surface area (Å²) in [6.45, 7) is 2.16. The Morgan fingerprint density at radius 2 is 1.69 bits per heavy atom. The molecule has 0 aliphatic carbocycles. The van der Waals surface area contributed by atoms with E-state index in [0.29, 0.717) is 0 Å². The van der Waals surface area contributed by atoms with Gasteiger partial charge in [0.2, 0.25) is 0 Å². The number of nitrogens with two attached hydrogens (primary N) is 1. The Labute approximate surface area is 101 Å². The number of benzene rings is 2. The summed E-state index contributed by atoms with van der Waals surface area (Å²) in [7, 11) is 0. The van der Waals surface area contributed by atoms with Crippen molar-refractivity contribution < 1.29 is 0 Å². The fourth-order valence-corrected chi connectivity index (χ4v) is 2.32. The van der Waals surface area contributed by atoms with Crippen LogP contribution in [0.1, 0.15) is 6.92 Å². The van der Waals surface area contributed by atoms with Crippen LogP contribution >= 0.6 is 11.8 Å². The van der Waals surface area contributed by atoms with Gasteiger partial charge in [-0.05, 0) is 29.5 Å². The molecular formula is C14H15NS. The molecule has 0 amide bonds. The third-order valence-electron chi connectivity index (χ3n) is 2.44. The zero-order valence-electron chi connectivity index (χ0n) is 9.31. The Bertz CT molecular complexity index is 462. The summed E-state index contributed by atoms with van der Waals surface area (Å²) in [5.74, 6) is 1.10.